The fourth-order valence-corrected chi connectivity index (χ4v) is 1.71. The van der Waals surface area contributed by atoms with Gasteiger partial charge in [-0.1, -0.05) is 6.58 Å². The molecule has 90 valence electrons. The molecule has 1 aromatic heterocycles. The molecule has 1 aliphatic heterocycles. The first-order chi connectivity index (χ1) is 8.20. The highest BCUT2D eigenvalue weighted by atomic mass is 16.5. The van der Waals surface area contributed by atoms with Gasteiger partial charge in [-0.3, -0.25) is 0 Å². The molecular weight excluding hydrogens is 218 g/mol. The topological polar surface area (TPSA) is 71.1 Å². The zero-order valence-electron chi connectivity index (χ0n) is 9.82. The summed E-state index contributed by atoms with van der Waals surface area (Å²) in [4.78, 5) is 4.04. The Morgan fingerprint density at radius 1 is 1.71 bits per heavy atom. The van der Waals surface area contributed by atoms with Crippen molar-refractivity contribution in [1.82, 2.24) is 4.98 Å². The van der Waals surface area contributed by atoms with Crippen LogP contribution in [-0.4, -0.2) is 24.2 Å². The molecule has 0 radical (unpaired) electrons. The fraction of sp³-hybridized carbons (Fsp3) is 0.500. The number of nitrogens with zero attached hydrogens (tertiary/aromatic N) is 2. The van der Waals surface area contributed by atoms with Crippen LogP contribution >= 0.6 is 0 Å². The third-order valence-corrected chi connectivity index (χ3v) is 2.61. The van der Waals surface area contributed by atoms with E-state index in [9.17, 15) is 0 Å². The number of aromatic nitrogens is 1. The SMILES string of the molecule is C=C(C)c1nc(C#N)c(NC[C@@H]2CCCO2)o1. The Morgan fingerprint density at radius 3 is 3.12 bits per heavy atom. The van der Waals surface area contributed by atoms with Gasteiger partial charge in [0.2, 0.25) is 17.5 Å². The lowest BCUT2D eigenvalue weighted by Gasteiger charge is -2.09. The molecule has 0 aromatic carbocycles. The van der Waals surface area contributed by atoms with E-state index < -0.39 is 0 Å². The summed E-state index contributed by atoms with van der Waals surface area (Å²) in [6.07, 6.45) is 2.32. The van der Waals surface area contributed by atoms with Gasteiger partial charge in [0.25, 0.3) is 0 Å². The van der Waals surface area contributed by atoms with Crippen LogP contribution in [0.15, 0.2) is 11.0 Å². The molecule has 17 heavy (non-hydrogen) atoms. The third-order valence-electron chi connectivity index (χ3n) is 2.61. The Hall–Kier alpha value is -1.80. The highest BCUT2D eigenvalue weighted by Gasteiger charge is 2.18. The number of ether oxygens (including phenoxy) is 1. The molecule has 2 rings (SSSR count). The number of rotatable bonds is 4. The second-order valence-electron chi connectivity index (χ2n) is 4.10. The van der Waals surface area contributed by atoms with E-state index >= 15 is 0 Å². The van der Waals surface area contributed by atoms with Crippen LogP contribution in [0, 0.1) is 11.3 Å². The largest absolute Gasteiger partial charge is 0.420 e. The van der Waals surface area contributed by atoms with Crippen molar-refractivity contribution < 1.29 is 9.15 Å². The van der Waals surface area contributed by atoms with Crippen LogP contribution in [0.4, 0.5) is 5.88 Å². The van der Waals surface area contributed by atoms with E-state index in [1.54, 1.807) is 6.92 Å². The number of hydrogen-bond donors (Lipinski definition) is 1. The Morgan fingerprint density at radius 2 is 2.53 bits per heavy atom. The molecule has 1 N–H and O–H groups in total. The first kappa shape index (κ1) is 11.7. The normalized spacial score (nSPS) is 18.9. The van der Waals surface area contributed by atoms with Gasteiger partial charge in [0.1, 0.15) is 6.07 Å². The van der Waals surface area contributed by atoms with Crippen LogP contribution in [0.2, 0.25) is 0 Å². The van der Waals surface area contributed by atoms with E-state index in [4.69, 9.17) is 14.4 Å². The molecule has 5 heteroatoms. The predicted octanol–water partition coefficient (Wildman–Crippen LogP) is 2.17. The van der Waals surface area contributed by atoms with E-state index in [2.05, 4.69) is 16.9 Å². The number of nitriles is 1. The van der Waals surface area contributed by atoms with Crippen LogP contribution in [0.3, 0.4) is 0 Å². The summed E-state index contributed by atoms with van der Waals surface area (Å²) in [5.74, 6) is 0.803. The van der Waals surface area contributed by atoms with Crippen molar-refractivity contribution in [3.63, 3.8) is 0 Å². The molecule has 1 aromatic rings. The van der Waals surface area contributed by atoms with Crippen molar-refractivity contribution in [3.8, 4) is 6.07 Å². The lowest BCUT2D eigenvalue weighted by molar-refractivity contribution is 0.120. The molecule has 0 spiro atoms. The summed E-state index contributed by atoms with van der Waals surface area (Å²) >= 11 is 0. The summed E-state index contributed by atoms with van der Waals surface area (Å²) in [6, 6.07) is 2.00. The Kier molecular flexibility index (Phi) is 3.45. The molecular formula is C12H15N3O2. The number of hydrogen-bond acceptors (Lipinski definition) is 5. The summed E-state index contributed by atoms with van der Waals surface area (Å²) in [5.41, 5.74) is 0.965. The van der Waals surface area contributed by atoms with Gasteiger partial charge in [-0.15, -0.1) is 0 Å². The first-order valence-corrected chi connectivity index (χ1v) is 5.63. The molecule has 1 aliphatic rings. The second kappa shape index (κ2) is 5.02. The van der Waals surface area contributed by atoms with Crippen LogP contribution in [0.1, 0.15) is 31.4 Å². The van der Waals surface area contributed by atoms with Crippen LogP contribution in [0.5, 0.6) is 0 Å². The molecule has 0 saturated carbocycles. The Bertz CT molecular complexity index is 453. The van der Waals surface area contributed by atoms with Gasteiger partial charge in [0.15, 0.2) is 0 Å². The standard InChI is InChI=1S/C12H15N3O2/c1-8(2)11-15-10(6-13)12(17-11)14-7-9-4-3-5-16-9/h9,14H,1,3-5,7H2,2H3/t9-/m0/s1. The highest BCUT2D eigenvalue weighted by Crippen LogP contribution is 2.21. The van der Waals surface area contributed by atoms with Gasteiger partial charge in [-0.05, 0) is 19.8 Å². The molecule has 1 fully saturated rings. The maximum absolute atomic E-state index is 8.93. The molecule has 1 atom stereocenters. The predicted molar refractivity (Wildman–Crippen MR) is 63.4 cm³/mol. The first-order valence-electron chi connectivity index (χ1n) is 5.63. The van der Waals surface area contributed by atoms with Crippen molar-refractivity contribution in [2.24, 2.45) is 0 Å². The third kappa shape index (κ3) is 2.66. The van der Waals surface area contributed by atoms with E-state index in [0.29, 0.717) is 23.9 Å². The molecule has 1 saturated heterocycles. The highest BCUT2D eigenvalue weighted by molar-refractivity contribution is 5.57. The molecule has 0 aliphatic carbocycles. The quantitative estimate of drug-likeness (QED) is 0.862. The van der Waals surface area contributed by atoms with Crippen molar-refractivity contribution in [3.05, 3.63) is 18.2 Å². The number of anilines is 1. The van der Waals surface area contributed by atoms with E-state index in [-0.39, 0.29) is 11.8 Å². The minimum absolute atomic E-state index is 0.194. The Balaban J connectivity index is 2.03. The zero-order valence-corrected chi connectivity index (χ0v) is 9.82. The van der Waals surface area contributed by atoms with E-state index in [1.165, 1.54) is 0 Å². The lowest BCUT2D eigenvalue weighted by atomic mass is 10.2. The van der Waals surface area contributed by atoms with Crippen molar-refractivity contribution in [1.29, 1.82) is 5.26 Å². The van der Waals surface area contributed by atoms with Crippen molar-refractivity contribution in [2.45, 2.75) is 25.9 Å². The van der Waals surface area contributed by atoms with Gasteiger partial charge < -0.3 is 14.5 Å². The second-order valence-corrected chi connectivity index (χ2v) is 4.10. The van der Waals surface area contributed by atoms with Gasteiger partial charge in [-0.2, -0.15) is 10.2 Å². The van der Waals surface area contributed by atoms with Crippen LogP contribution in [0.25, 0.3) is 5.57 Å². The number of oxazole rings is 1. The van der Waals surface area contributed by atoms with Gasteiger partial charge in [0.05, 0.1) is 6.10 Å². The number of nitrogens with one attached hydrogen (secondary N) is 1. The lowest BCUT2D eigenvalue weighted by Crippen LogP contribution is -2.18. The summed E-state index contributed by atoms with van der Waals surface area (Å²) in [5, 5.41) is 12.0. The summed E-state index contributed by atoms with van der Waals surface area (Å²) in [7, 11) is 0. The fourth-order valence-electron chi connectivity index (χ4n) is 1.71. The van der Waals surface area contributed by atoms with Crippen molar-refractivity contribution >= 4 is 11.5 Å². The van der Waals surface area contributed by atoms with E-state index in [0.717, 1.165) is 19.4 Å². The monoisotopic (exact) mass is 233 g/mol. The smallest absolute Gasteiger partial charge is 0.232 e. The molecule has 2 heterocycles. The number of allylic oxidation sites excluding steroid dienone is 1. The van der Waals surface area contributed by atoms with E-state index in [1.807, 2.05) is 6.07 Å². The Labute approximate surface area is 100 Å². The van der Waals surface area contributed by atoms with Gasteiger partial charge >= 0.3 is 0 Å². The zero-order chi connectivity index (χ0) is 12.3. The maximum atomic E-state index is 8.93. The average molecular weight is 233 g/mol. The molecule has 0 bridgehead atoms. The van der Waals surface area contributed by atoms with Crippen LogP contribution in [-0.2, 0) is 4.74 Å². The maximum Gasteiger partial charge on any atom is 0.232 e. The summed E-state index contributed by atoms with van der Waals surface area (Å²) < 4.78 is 10.9. The average Bonchev–Trinajstić information content (AvgIpc) is 2.95. The van der Waals surface area contributed by atoms with Crippen molar-refractivity contribution in [2.75, 3.05) is 18.5 Å². The van der Waals surface area contributed by atoms with Gasteiger partial charge in [0, 0.05) is 18.7 Å². The minimum Gasteiger partial charge on any atom is -0.420 e. The van der Waals surface area contributed by atoms with Gasteiger partial charge in [-0.25, -0.2) is 0 Å². The summed E-state index contributed by atoms with van der Waals surface area (Å²) in [6.45, 7) is 6.97. The van der Waals surface area contributed by atoms with Crippen LogP contribution < -0.4 is 5.32 Å². The molecule has 5 nitrogen and oxygen atoms in total. The minimum atomic E-state index is 0.194. The molecule has 0 amide bonds. The molecule has 0 unspecified atom stereocenters.